The minimum absolute atomic E-state index is 0.116. The van der Waals surface area contributed by atoms with Gasteiger partial charge in [-0.05, 0) is 49.3 Å². The SMILES string of the molecule is O=C(O)C(Cc1ccccc1)NC(=O)C1C2CCC(CC2)N1S(=O)(=O)c1ccccc1. The molecule has 1 saturated carbocycles. The average Bonchev–Trinajstić information content (AvgIpc) is 2.80. The number of carbonyl (C=O) groups excluding carboxylic acids is 1. The molecule has 1 aliphatic carbocycles. The maximum Gasteiger partial charge on any atom is 0.326 e. The lowest BCUT2D eigenvalue weighted by Gasteiger charge is -2.49. The van der Waals surface area contributed by atoms with Gasteiger partial charge in [0, 0.05) is 12.5 Å². The van der Waals surface area contributed by atoms with Crippen LogP contribution >= 0.6 is 0 Å². The van der Waals surface area contributed by atoms with Crippen molar-refractivity contribution in [3.05, 3.63) is 66.2 Å². The first-order valence-corrected chi connectivity index (χ1v) is 12.0. The highest BCUT2D eigenvalue weighted by Gasteiger charge is 2.51. The van der Waals surface area contributed by atoms with E-state index in [0.29, 0.717) is 12.8 Å². The molecule has 164 valence electrons. The molecule has 2 aromatic carbocycles. The number of hydrogen-bond donors (Lipinski definition) is 2. The van der Waals surface area contributed by atoms with Gasteiger partial charge in [-0.15, -0.1) is 0 Å². The van der Waals surface area contributed by atoms with Crippen molar-refractivity contribution in [1.82, 2.24) is 9.62 Å². The van der Waals surface area contributed by atoms with Crippen molar-refractivity contribution < 1.29 is 23.1 Å². The molecule has 2 N–H and O–H groups in total. The first kappa shape index (κ1) is 21.5. The smallest absolute Gasteiger partial charge is 0.326 e. The molecule has 3 fully saturated rings. The Morgan fingerprint density at radius 3 is 2.13 bits per heavy atom. The second-order valence-electron chi connectivity index (χ2n) is 8.25. The van der Waals surface area contributed by atoms with Crippen molar-refractivity contribution in [3.8, 4) is 0 Å². The summed E-state index contributed by atoms with van der Waals surface area (Å²) in [5.74, 6) is -1.79. The van der Waals surface area contributed by atoms with Gasteiger partial charge in [-0.3, -0.25) is 4.79 Å². The molecule has 0 aromatic heterocycles. The molecule has 3 aliphatic rings. The summed E-state index contributed by atoms with van der Waals surface area (Å²) < 4.78 is 28.2. The Morgan fingerprint density at radius 1 is 0.968 bits per heavy atom. The van der Waals surface area contributed by atoms with Gasteiger partial charge in [-0.25, -0.2) is 13.2 Å². The number of fused-ring (bicyclic) bond motifs is 3. The fourth-order valence-corrected chi connectivity index (χ4v) is 6.72. The summed E-state index contributed by atoms with van der Waals surface area (Å²) in [5.41, 5.74) is 0.786. The topological polar surface area (TPSA) is 104 Å². The van der Waals surface area contributed by atoms with E-state index in [1.165, 1.54) is 16.4 Å². The molecule has 2 aliphatic heterocycles. The summed E-state index contributed by atoms with van der Waals surface area (Å²) in [6.45, 7) is 0. The monoisotopic (exact) mass is 442 g/mol. The van der Waals surface area contributed by atoms with Gasteiger partial charge in [0.25, 0.3) is 0 Å². The number of benzene rings is 2. The fraction of sp³-hybridized carbons (Fsp3) is 0.391. The van der Waals surface area contributed by atoms with Crippen molar-refractivity contribution in [1.29, 1.82) is 0 Å². The number of aliphatic carboxylic acids is 1. The number of piperidine rings is 2. The second-order valence-corrected chi connectivity index (χ2v) is 10.1. The van der Waals surface area contributed by atoms with Gasteiger partial charge in [0.05, 0.1) is 4.90 Å². The van der Waals surface area contributed by atoms with Crippen LogP contribution in [0.5, 0.6) is 0 Å². The molecule has 0 spiro atoms. The number of nitrogens with one attached hydrogen (secondary N) is 1. The molecule has 0 radical (unpaired) electrons. The third kappa shape index (κ3) is 4.36. The van der Waals surface area contributed by atoms with Crippen LogP contribution in [0, 0.1) is 5.92 Å². The van der Waals surface area contributed by atoms with E-state index in [0.717, 1.165) is 18.4 Å². The number of hydrogen-bond acceptors (Lipinski definition) is 4. The average molecular weight is 443 g/mol. The molecule has 2 saturated heterocycles. The summed E-state index contributed by atoms with van der Waals surface area (Å²) in [7, 11) is -3.88. The number of amides is 1. The lowest BCUT2D eigenvalue weighted by Crippen LogP contribution is -2.63. The first-order chi connectivity index (χ1) is 14.9. The summed E-state index contributed by atoms with van der Waals surface area (Å²) in [6, 6.07) is 14.9. The van der Waals surface area contributed by atoms with Crippen LogP contribution in [0.1, 0.15) is 31.2 Å². The fourth-order valence-electron chi connectivity index (χ4n) is 4.80. The molecular formula is C23H26N2O5S. The van der Waals surface area contributed by atoms with Gasteiger partial charge in [-0.2, -0.15) is 4.31 Å². The maximum absolute atomic E-state index is 13.4. The molecule has 5 rings (SSSR count). The molecular weight excluding hydrogens is 416 g/mol. The predicted octanol–water partition coefficient (Wildman–Crippen LogP) is 2.43. The van der Waals surface area contributed by atoms with Crippen molar-refractivity contribution >= 4 is 21.9 Å². The standard InChI is InChI=1S/C23H26N2O5S/c26-22(24-20(23(27)28)15-16-7-3-1-4-8-16)21-17-11-13-18(14-12-17)25(21)31(29,30)19-9-5-2-6-10-19/h1-10,17-18,20-21H,11-15H2,(H,24,26)(H,27,28). The molecule has 2 atom stereocenters. The maximum atomic E-state index is 13.4. The van der Waals surface area contributed by atoms with Crippen LogP contribution in [0.25, 0.3) is 0 Å². The highest BCUT2D eigenvalue weighted by molar-refractivity contribution is 7.89. The third-order valence-electron chi connectivity index (χ3n) is 6.31. The minimum atomic E-state index is -3.88. The second kappa shape index (κ2) is 8.80. The van der Waals surface area contributed by atoms with Gasteiger partial charge >= 0.3 is 5.97 Å². The van der Waals surface area contributed by atoms with Crippen molar-refractivity contribution in [3.63, 3.8) is 0 Å². The highest BCUT2D eigenvalue weighted by atomic mass is 32.2. The van der Waals surface area contributed by atoms with Crippen LogP contribution in [0.4, 0.5) is 0 Å². The van der Waals surface area contributed by atoms with Crippen molar-refractivity contribution in [2.45, 2.75) is 55.1 Å². The van der Waals surface area contributed by atoms with Gasteiger partial charge in [-0.1, -0.05) is 48.5 Å². The molecule has 2 heterocycles. The Balaban J connectivity index is 1.61. The Morgan fingerprint density at radius 2 is 1.55 bits per heavy atom. The number of carboxylic acid groups (broad SMARTS) is 1. The lowest BCUT2D eigenvalue weighted by molar-refractivity contribution is -0.143. The Labute approximate surface area is 182 Å². The van der Waals surface area contributed by atoms with Crippen LogP contribution in [0.3, 0.4) is 0 Å². The van der Waals surface area contributed by atoms with Gasteiger partial charge in [0.2, 0.25) is 15.9 Å². The molecule has 1 amide bonds. The predicted molar refractivity (Wildman–Crippen MR) is 115 cm³/mol. The minimum Gasteiger partial charge on any atom is -0.480 e. The molecule has 31 heavy (non-hydrogen) atoms. The lowest BCUT2D eigenvalue weighted by atomic mass is 9.76. The first-order valence-electron chi connectivity index (χ1n) is 10.5. The van der Waals surface area contributed by atoms with Crippen LogP contribution in [-0.2, 0) is 26.0 Å². The molecule has 8 heteroatoms. The summed E-state index contributed by atoms with van der Waals surface area (Å²) in [5, 5.41) is 12.3. The van der Waals surface area contributed by atoms with E-state index in [9.17, 15) is 23.1 Å². The van der Waals surface area contributed by atoms with Crippen LogP contribution in [0.2, 0.25) is 0 Å². The molecule has 7 nitrogen and oxygen atoms in total. The zero-order chi connectivity index (χ0) is 22.0. The summed E-state index contributed by atoms with van der Waals surface area (Å²) >= 11 is 0. The molecule has 2 bridgehead atoms. The number of rotatable bonds is 7. The Hall–Kier alpha value is -2.71. The van der Waals surface area contributed by atoms with E-state index in [2.05, 4.69) is 5.32 Å². The van der Waals surface area contributed by atoms with Crippen molar-refractivity contribution in [2.75, 3.05) is 0 Å². The highest BCUT2D eigenvalue weighted by Crippen LogP contribution is 2.42. The van der Waals surface area contributed by atoms with Gasteiger partial charge in [0.15, 0.2) is 0 Å². The van der Waals surface area contributed by atoms with E-state index in [1.54, 1.807) is 30.3 Å². The van der Waals surface area contributed by atoms with Gasteiger partial charge < -0.3 is 10.4 Å². The van der Waals surface area contributed by atoms with E-state index >= 15 is 0 Å². The van der Waals surface area contributed by atoms with Gasteiger partial charge in [0.1, 0.15) is 12.1 Å². The summed E-state index contributed by atoms with van der Waals surface area (Å²) in [4.78, 5) is 25.3. The summed E-state index contributed by atoms with van der Waals surface area (Å²) in [6.07, 6.45) is 3.09. The normalized spacial score (nSPS) is 24.5. The van der Waals surface area contributed by atoms with Crippen molar-refractivity contribution in [2.24, 2.45) is 5.92 Å². The van der Waals surface area contributed by atoms with E-state index in [4.69, 9.17) is 0 Å². The third-order valence-corrected chi connectivity index (χ3v) is 8.25. The Bertz CT molecular complexity index is 1030. The molecule has 2 unspecified atom stereocenters. The number of carboxylic acids is 1. The Kier molecular flexibility index (Phi) is 6.11. The number of carbonyl (C=O) groups is 2. The van der Waals surface area contributed by atoms with E-state index in [1.807, 2.05) is 18.2 Å². The van der Waals surface area contributed by atoms with Crippen LogP contribution < -0.4 is 5.32 Å². The zero-order valence-corrected chi connectivity index (χ0v) is 17.9. The van der Waals surface area contributed by atoms with E-state index < -0.39 is 34.0 Å². The largest absolute Gasteiger partial charge is 0.480 e. The zero-order valence-electron chi connectivity index (χ0n) is 17.1. The molecule has 2 aromatic rings. The van der Waals surface area contributed by atoms with E-state index in [-0.39, 0.29) is 23.3 Å². The van der Waals surface area contributed by atoms with Crippen LogP contribution in [-0.4, -0.2) is 47.8 Å². The number of sulfonamides is 1. The van der Waals surface area contributed by atoms with Crippen LogP contribution in [0.15, 0.2) is 65.6 Å². The quantitative estimate of drug-likeness (QED) is 0.685. The number of nitrogens with zero attached hydrogens (tertiary/aromatic N) is 1.